The molecule has 1 aliphatic heterocycles. The van der Waals surface area contributed by atoms with E-state index >= 15 is 0 Å². The van der Waals surface area contributed by atoms with Gasteiger partial charge in [0.05, 0.1) is 12.6 Å². The SMILES string of the molecule is CCOC(=O)/C(C)=C/[C@H](C)N(C)C(=O)[C@@H](NC(=O)[C@H]1CCCCN1C)C(C)(C)C. The standard InChI is InChI=1S/C22H39N3O4/c1-9-29-21(28)15(2)14-16(3)25(8)20(27)18(22(4,5)6)23-19(26)17-12-10-11-13-24(17)7/h14,16-18H,9-13H2,1-8H3,(H,23,26)/b15-14+/t16-,17+,18+/m0/s1. The number of ether oxygens (including phenoxy) is 1. The molecule has 1 rings (SSSR count). The van der Waals surface area contributed by atoms with Gasteiger partial charge >= 0.3 is 5.97 Å². The Morgan fingerprint density at radius 1 is 1.28 bits per heavy atom. The fourth-order valence-electron chi connectivity index (χ4n) is 3.48. The number of rotatable bonds is 7. The van der Waals surface area contributed by atoms with E-state index in [1.807, 2.05) is 34.7 Å². The van der Waals surface area contributed by atoms with Crippen molar-refractivity contribution >= 4 is 17.8 Å². The zero-order valence-electron chi connectivity index (χ0n) is 19.4. The van der Waals surface area contributed by atoms with Crippen LogP contribution in [-0.2, 0) is 19.1 Å². The molecule has 1 heterocycles. The van der Waals surface area contributed by atoms with Gasteiger partial charge in [-0.15, -0.1) is 0 Å². The molecule has 1 aliphatic rings. The van der Waals surface area contributed by atoms with Gasteiger partial charge in [0.2, 0.25) is 11.8 Å². The molecule has 29 heavy (non-hydrogen) atoms. The Morgan fingerprint density at radius 3 is 2.41 bits per heavy atom. The summed E-state index contributed by atoms with van der Waals surface area (Å²) in [5.41, 5.74) is 0.00704. The predicted octanol–water partition coefficient (Wildman–Crippen LogP) is 2.36. The minimum absolute atomic E-state index is 0.0974. The van der Waals surface area contributed by atoms with Crippen molar-refractivity contribution in [3.63, 3.8) is 0 Å². The van der Waals surface area contributed by atoms with Gasteiger partial charge in [-0.05, 0) is 52.6 Å². The van der Waals surface area contributed by atoms with Crippen LogP contribution in [0.4, 0.5) is 0 Å². The lowest BCUT2D eigenvalue weighted by Crippen LogP contribution is -2.59. The fourth-order valence-corrected chi connectivity index (χ4v) is 3.48. The van der Waals surface area contributed by atoms with Crippen LogP contribution in [0.15, 0.2) is 11.6 Å². The first kappa shape index (κ1) is 25.1. The minimum atomic E-state index is -0.658. The number of hydrogen-bond donors (Lipinski definition) is 1. The van der Waals surface area contributed by atoms with Crippen molar-refractivity contribution in [3.05, 3.63) is 11.6 Å². The van der Waals surface area contributed by atoms with Crippen LogP contribution in [-0.4, -0.2) is 73.0 Å². The smallest absolute Gasteiger partial charge is 0.333 e. The summed E-state index contributed by atoms with van der Waals surface area (Å²) < 4.78 is 5.00. The maximum Gasteiger partial charge on any atom is 0.333 e. The van der Waals surface area contributed by atoms with Gasteiger partial charge in [-0.25, -0.2) is 4.79 Å². The van der Waals surface area contributed by atoms with Crippen molar-refractivity contribution in [2.24, 2.45) is 5.41 Å². The molecule has 1 fully saturated rings. The Kier molecular flexibility index (Phi) is 9.33. The lowest BCUT2D eigenvalue weighted by Gasteiger charge is -2.38. The zero-order valence-corrected chi connectivity index (χ0v) is 19.4. The van der Waals surface area contributed by atoms with Crippen molar-refractivity contribution in [3.8, 4) is 0 Å². The second kappa shape index (κ2) is 10.8. The molecule has 7 nitrogen and oxygen atoms in total. The third-order valence-corrected chi connectivity index (χ3v) is 5.52. The van der Waals surface area contributed by atoms with Crippen molar-refractivity contribution < 1.29 is 19.1 Å². The van der Waals surface area contributed by atoms with Crippen LogP contribution in [0.1, 0.15) is 60.8 Å². The number of carbonyl (C=O) groups is 3. The number of nitrogens with one attached hydrogen (secondary N) is 1. The van der Waals surface area contributed by atoms with Gasteiger partial charge in [-0.3, -0.25) is 14.5 Å². The third-order valence-electron chi connectivity index (χ3n) is 5.52. The molecule has 1 saturated heterocycles. The molecule has 0 spiro atoms. The predicted molar refractivity (Wildman–Crippen MR) is 114 cm³/mol. The van der Waals surface area contributed by atoms with Gasteiger partial charge in [0.15, 0.2) is 0 Å². The number of likely N-dealkylation sites (tertiary alicyclic amines) is 1. The third kappa shape index (κ3) is 7.14. The monoisotopic (exact) mass is 409 g/mol. The maximum absolute atomic E-state index is 13.3. The van der Waals surface area contributed by atoms with E-state index in [0.29, 0.717) is 12.2 Å². The largest absolute Gasteiger partial charge is 0.463 e. The first-order valence-electron chi connectivity index (χ1n) is 10.5. The van der Waals surface area contributed by atoms with Crippen LogP contribution < -0.4 is 5.32 Å². The number of likely N-dealkylation sites (N-methyl/N-ethyl adjacent to an activating group) is 2. The summed E-state index contributed by atoms with van der Waals surface area (Å²) in [6, 6.07) is -1.17. The molecule has 3 atom stereocenters. The number of nitrogens with zero attached hydrogens (tertiary/aromatic N) is 2. The van der Waals surface area contributed by atoms with Gasteiger partial charge < -0.3 is 15.0 Å². The van der Waals surface area contributed by atoms with E-state index < -0.39 is 11.5 Å². The van der Waals surface area contributed by atoms with Crippen LogP contribution in [0, 0.1) is 5.41 Å². The zero-order chi connectivity index (χ0) is 22.4. The molecule has 0 aromatic heterocycles. The molecule has 0 saturated carbocycles. The second-order valence-electron chi connectivity index (χ2n) is 9.06. The van der Waals surface area contributed by atoms with E-state index in [1.165, 1.54) is 0 Å². The van der Waals surface area contributed by atoms with Gasteiger partial charge in [0, 0.05) is 18.7 Å². The van der Waals surface area contributed by atoms with Gasteiger partial charge in [0.1, 0.15) is 6.04 Å². The minimum Gasteiger partial charge on any atom is -0.463 e. The van der Waals surface area contributed by atoms with Gasteiger partial charge in [-0.2, -0.15) is 0 Å². The van der Waals surface area contributed by atoms with E-state index in [4.69, 9.17) is 4.74 Å². The second-order valence-corrected chi connectivity index (χ2v) is 9.06. The summed E-state index contributed by atoms with van der Waals surface area (Å²) in [6.45, 7) is 12.3. The van der Waals surface area contributed by atoms with Crippen molar-refractivity contribution in [2.45, 2.75) is 78.9 Å². The molecule has 2 amide bonds. The Bertz CT molecular complexity index is 624. The number of piperidine rings is 1. The van der Waals surface area contributed by atoms with E-state index in [9.17, 15) is 14.4 Å². The Hall–Kier alpha value is -1.89. The molecule has 7 heteroatoms. The van der Waals surface area contributed by atoms with Gasteiger partial charge in [0.25, 0.3) is 0 Å². The van der Waals surface area contributed by atoms with Crippen LogP contribution in [0.3, 0.4) is 0 Å². The highest BCUT2D eigenvalue weighted by Gasteiger charge is 2.38. The molecule has 0 aromatic carbocycles. The van der Waals surface area contributed by atoms with Crippen LogP contribution in [0.2, 0.25) is 0 Å². The molecular weight excluding hydrogens is 370 g/mol. The van der Waals surface area contributed by atoms with E-state index in [0.717, 1.165) is 25.8 Å². The molecule has 0 aliphatic carbocycles. The van der Waals surface area contributed by atoms with Crippen molar-refractivity contribution in [1.29, 1.82) is 0 Å². The van der Waals surface area contributed by atoms with Crippen LogP contribution in [0.5, 0.6) is 0 Å². The van der Waals surface area contributed by atoms with Gasteiger partial charge in [-0.1, -0.05) is 33.3 Å². The van der Waals surface area contributed by atoms with Crippen LogP contribution >= 0.6 is 0 Å². The van der Waals surface area contributed by atoms with Crippen molar-refractivity contribution in [2.75, 3.05) is 27.2 Å². The highest BCUT2D eigenvalue weighted by Crippen LogP contribution is 2.23. The summed E-state index contributed by atoms with van der Waals surface area (Å²) in [5, 5.41) is 3.00. The topological polar surface area (TPSA) is 79.0 Å². The van der Waals surface area contributed by atoms with E-state index in [1.54, 1.807) is 31.9 Å². The summed E-state index contributed by atoms with van der Waals surface area (Å²) in [4.78, 5) is 41.7. The van der Waals surface area contributed by atoms with Crippen LogP contribution in [0.25, 0.3) is 0 Å². The molecule has 0 radical (unpaired) electrons. The average Bonchev–Trinajstić information content (AvgIpc) is 2.64. The molecule has 0 unspecified atom stereocenters. The number of carbonyl (C=O) groups excluding carboxylic acids is 3. The first-order chi connectivity index (χ1) is 13.4. The number of amides is 2. The maximum atomic E-state index is 13.3. The Labute approximate surface area is 175 Å². The lowest BCUT2D eigenvalue weighted by atomic mass is 9.85. The van der Waals surface area contributed by atoms with E-state index in [-0.39, 0.29) is 29.9 Å². The normalized spacial score (nSPS) is 20.6. The summed E-state index contributed by atoms with van der Waals surface area (Å²) in [7, 11) is 3.65. The molecule has 166 valence electrons. The molecule has 1 N–H and O–H groups in total. The quantitative estimate of drug-likeness (QED) is 0.516. The highest BCUT2D eigenvalue weighted by molar-refractivity contribution is 5.91. The fraction of sp³-hybridized carbons (Fsp3) is 0.773. The molecule has 0 bridgehead atoms. The first-order valence-corrected chi connectivity index (χ1v) is 10.5. The lowest BCUT2D eigenvalue weighted by molar-refractivity contribution is -0.141. The summed E-state index contributed by atoms with van der Waals surface area (Å²) >= 11 is 0. The Balaban J connectivity index is 2.94. The average molecular weight is 410 g/mol. The Morgan fingerprint density at radius 2 is 1.90 bits per heavy atom. The summed E-state index contributed by atoms with van der Waals surface area (Å²) in [6.07, 6.45) is 4.63. The van der Waals surface area contributed by atoms with Crippen molar-refractivity contribution in [1.82, 2.24) is 15.1 Å². The molecule has 0 aromatic rings. The molecular formula is C22H39N3O4. The van der Waals surface area contributed by atoms with E-state index in [2.05, 4.69) is 10.2 Å². The number of hydrogen-bond acceptors (Lipinski definition) is 5. The highest BCUT2D eigenvalue weighted by atomic mass is 16.5. The summed E-state index contributed by atoms with van der Waals surface area (Å²) in [5.74, 6) is -0.661. The number of esters is 1.